The Kier molecular flexibility index (Phi) is 4.57. The van der Waals surface area contributed by atoms with Crippen LogP contribution in [-0.2, 0) is 9.84 Å². The molecule has 0 atom stereocenters. The van der Waals surface area contributed by atoms with E-state index in [1.165, 1.54) is 0 Å². The van der Waals surface area contributed by atoms with Crippen molar-refractivity contribution < 1.29 is 8.42 Å². The lowest BCUT2D eigenvalue weighted by molar-refractivity contribution is 0.592. The van der Waals surface area contributed by atoms with Gasteiger partial charge in [-0.15, -0.1) is 5.10 Å². The monoisotopic (exact) mass is 389 g/mol. The molecule has 0 saturated carbocycles. The summed E-state index contributed by atoms with van der Waals surface area (Å²) in [5.41, 5.74) is 4.04. The van der Waals surface area contributed by atoms with Crippen molar-refractivity contribution in [3.05, 3.63) is 90.0 Å². The van der Waals surface area contributed by atoms with Gasteiger partial charge in [0.15, 0.2) is 0 Å². The van der Waals surface area contributed by atoms with Gasteiger partial charge in [-0.05, 0) is 38.1 Å². The SMILES string of the molecule is Cc1ccc(-n2nnc(S(=O)(=O)c3ccc(C)cc3)c2-c2ccccc2)cc1. The van der Waals surface area contributed by atoms with Crippen LogP contribution in [0.4, 0.5) is 0 Å². The lowest BCUT2D eigenvalue weighted by Gasteiger charge is -2.09. The fourth-order valence-electron chi connectivity index (χ4n) is 2.99. The summed E-state index contributed by atoms with van der Waals surface area (Å²) in [5, 5.41) is 8.22. The summed E-state index contributed by atoms with van der Waals surface area (Å²) >= 11 is 0. The van der Waals surface area contributed by atoms with E-state index in [9.17, 15) is 8.42 Å². The number of benzene rings is 3. The summed E-state index contributed by atoms with van der Waals surface area (Å²) in [6, 6.07) is 23.8. The zero-order chi connectivity index (χ0) is 19.7. The summed E-state index contributed by atoms with van der Waals surface area (Å²) < 4.78 is 28.2. The topological polar surface area (TPSA) is 64.8 Å². The lowest BCUT2D eigenvalue weighted by Crippen LogP contribution is -2.06. The van der Waals surface area contributed by atoms with Crippen molar-refractivity contribution in [3.63, 3.8) is 0 Å². The van der Waals surface area contributed by atoms with Crippen LogP contribution in [0.15, 0.2) is 88.8 Å². The maximum Gasteiger partial charge on any atom is 0.227 e. The van der Waals surface area contributed by atoms with Crippen LogP contribution in [0.2, 0.25) is 0 Å². The summed E-state index contributed by atoms with van der Waals surface area (Å²) in [5.74, 6) is 0. The van der Waals surface area contributed by atoms with E-state index in [0.717, 1.165) is 22.4 Å². The van der Waals surface area contributed by atoms with E-state index < -0.39 is 9.84 Å². The minimum Gasteiger partial charge on any atom is -0.217 e. The van der Waals surface area contributed by atoms with Gasteiger partial charge in [0.2, 0.25) is 14.9 Å². The molecule has 5 nitrogen and oxygen atoms in total. The molecular formula is C22H19N3O2S. The molecule has 0 aliphatic rings. The highest BCUT2D eigenvalue weighted by atomic mass is 32.2. The molecule has 1 heterocycles. The van der Waals surface area contributed by atoms with E-state index in [1.54, 1.807) is 28.9 Å². The van der Waals surface area contributed by atoms with Crippen molar-refractivity contribution in [2.45, 2.75) is 23.8 Å². The molecule has 0 unspecified atom stereocenters. The van der Waals surface area contributed by atoms with Crippen molar-refractivity contribution >= 4 is 9.84 Å². The average Bonchev–Trinajstić information content (AvgIpc) is 3.15. The van der Waals surface area contributed by atoms with Gasteiger partial charge >= 0.3 is 0 Å². The van der Waals surface area contributed by atoms with Gasteiger partial charge in [0.1, 0.15) is 5.69 Å². The molecule has 0 aliphatic heterocycles. The van der Waals surface area contributed by atoms with Gasteiger partial charge in [0, 0.05) is 5.56 Å². The Bertz CT molecular complexity index is 1210. The zero-order valence-electron chi connectivity index (χ0n) is 15.6. The van der Waals surface area contributed by atoms with Crippen LogP contribution < -0.4 is 0 Å². The molecule has 140 valence electrons. The number of sulfone groups is 1. The second-order valence-electron chi connectivity index (χ2n) is 6.67. The Hall–Kier alpha value is -3.25. The predicted molar refractivity (Wildman–Crippen MR) is 108 cm³/mol. The third kappa shape index (κ3) is 3.23. The van der Waals surface area contributed by atoms with E-state index >= 15 is 0 Å². The van der Waals surface area contributed by atoms with Gasteiger partial charge in [0.05, 0.1) is 10.6 Å². The van der Waals surface area contributed by atoms with E-state index in [-0.39, 0.29) is 9.92 Å². The number of rotatable bonds is 4. The standard InChI is InChI=1S/C22H19N3O2S/c1-16-8-12-19(13-9-16)25-21(18-6-4-3-5-7-18)22(23-24-25)28(26,27)20-14-10-17(2)11-15-20/h3-15H,1-2H3. The van der Waals surface area contributed by atoms with Crippen LogP contribution in [-0.4, -0.2) is 23.4 Å². The molecule has 28 heavy (non-hydrogen) atoms. The number of aromatic nitrogens is 3. The number of hydrogen-bond acceptors (Lipinski definition) is 4. The highest BCUT2D eigenvalue weighted by molar-refractivity contribution is 7.91. The van der Waals surface area contributed by atoms with Crippen molar-refractivity contribution in [2.24, 2.45) is 0 Å². The van der Waals surface area contributed by atoms with Crippen LogP contribution >= 0.6 is 0 Å². The van der Waals surface area contributed by atoms with Crippen LogP contribution in [0.3, 0.4) is 0 Å². The second kappa shape index (κ2) is 7.05. The summed E-state index contributed by atoms with van der Waals surface area (Å²) in [6.45, 7) is 3.91. The molecule has 3 aromatic carbocycles. The molecule has 0 aliphatic carbocycles. The van der Waals surface area contributed by atoms with Crippen molar-refractivity contribution in [2.75, 3.05) is 0 Å². The van der Waals surface area contributed by atoms with Crippen molar-refractivity contribution in [3.8, 4) is 16.9 Å². The molecule has 0 spiro atoms. The molecule has 1 aromatic heterocycles. The first-order valence-corrected chi connectivity index (χ1v) is 10.3. The first kappa shape index (κ1) is 18.1. The first-order valence-electron chi connectivity index (χ1n) is 8.87. The summed E-state index contributed by atoms with van der Waals surface area (Å²) in [4.78, 5) is 0.200. The highest BCUT2D eigenvalue weighted by Crippen LogP contribution is 2.31. The van der Waals surface area contributed by atoms with Gasteiger partial charge in [-0.1, -0.05) is 70.9 Å². The van der Waals surface area contributed by atoms with Crippen LogP contribution in [0, 0.1) is 13.8 Å². The molecular weight excluding hydrogens is 370 g/mol. The fourth-order valence-corrected chi connectivity index (χ4v) is 4.31. The third-order valence-electron chi connectivity index (χ3n) is 4.55. The normalized spacial score (nSPS) is 11.5. The highest BCUT2D eigenvalue weighted by Gasteiger charge is 2.28. The minimum absolute atomic E-state index is 0.0527. The molecule has 0 radical (unpaired) electrons. The molecule has 0 amide bonds. The quantitative estimate of drug-likeness (QED) is 0.519. The second-order valence-corrected chi connectivity index (χ2v) is 8.54. The molecule has 0 N–H and O–H groups in total. The minimum atomic E-state index is -3.82. The van der Waals surface area contributed by atoms with Crippen LogP contribution in [0.1, 0.15) is 11.1 Å². The van der Waals surface area contributed by atoms with E-state index in [0.29, 0.717) is 5.69 Å². The fraction of sp³-hybridized carbons (Fsp3) is 0.0909. The molecule has 0 saturated heterocycles. The maximum absolute atomic E-state index is 13.3. The van der Waals surface area contributed by atoms with Gasteiger partial charge in [0.25, 0.3) is 0 Å². The zero-order valence-corrected chi connectivity index (χ0v) is 16.4. The maximum atomic E-state index is 13.3. The van der Waals surface area contributed by atoms with Crippen LogP contribution in [0.25, 0.3) is 16.9 Å². The van der Waals surface area contributed by atoms with Gasteiger partial charge in [-0.3, -0.25) is 0 Å². The predicted octanol–water partition coefficient (Wildman–Crippen LogP) is 4.38. The third-order valence-corrected chi connectivity index (χ3v) is 6.23. The Balaban J connectivity index is 1.96. The van der Waals surface area contributed by atoms with Gasteiger partial charge < -0.3 is 0 Å². The number of nitrogens with zero attached hydrogens (tertiary/aromatic N) is 3. The largest absolute Gasteiger partial charge is 0.227 e. The number of hydrogen-bond donors (Lipinski definition) is 0. The Morgan fingerprint density at radius 1 is 0.750 bits per heavy atom. The van der Waals surface area contributed by atoms with E-state index in [4.69, 9.17) is 0 Å². The Labute approximate surface area is 164 Å². The number of aryl methyl sites for hydroxylation is 2. The molecule has 0 bridgehead atoms. The van der Waals surface area contributed by atoms with Crippen molar-refractivity contribution in [1.82, 2.24) is 15.0 Å². The summed E-state index contributed by atoms with van der Waals surface area (Å²) in [6.07, 6.45) is 0. The average molecular weight is 389 g/mol. The molecule has 4 aromatic rings. The smallest absolute Gasteiger partial charge is 0.217 e. The molecule has 0 fully saturated rings. The lowest BCUT2D eigenvalue weighted by atomic mass is 10.1. The Morgan fingerprint density at radius 3 is 1.93 bits per heavy atom. The van der Waals surface area contributed by atoms with Crippen molar-refractivity contribution in [1.29, 1.82) is 0 Å². The van der Waals surface area contributed by atoms with Gasteiger partial charge in [-0.2, -0.15) is 0 Å². The Morgan fingerprint density at radius 2 is 1.32 bits per heavy atom. The summed E-state index contributed by atoms with van der Waals surface area (Å²) in [7, 11) is -3.82. The van der Waals surface area contributed by atoms with E-state index in [1.807, 2.05) is 68.4 Å². The van der Waals surface area contributed by atoms with E-state index in [2.05, 4.69) is 10.3 Å². The van der Waals surface area contributed by atoms with Gasteiger partial charge in [-0.25, -0.2) is 13.1 Å². The first-order chi connectivity index (χ1) is 13.5. The molecule has 6 heteroatoms. The molecule has 4 rings (SSSR count). The van der Waals surface area contributed by atoms with Crippen LogP contribution in [0.5, 0.6) is 0 Å².